The summed E-state index contributed by atoms with van der Waals surface area (Å²) in [7, 11) is 0. The molecule has 2 aliphatic rings. The molecule has 0 aromatic rings. The second kappa shape index (κ2) is 8.92. The summed E-state index contributed by atoms with van der Waals surface area (Å²) in [4.78, 5) is 11.2. The molecule has 2 heterocycles. The first kappa shape index (κ1) is 21.5. The Bertz CT molecular complexity index is 471. The third-order valence-corrected chi connectivity index (χ3v) is 4.96. The molecule has 0 aliphatic carbocycles. The fraction of sp³-hybridized carbons (Fsp3) is 0.941. The van der Waals surface area contributed by atoms with Crippen molar-refractivity contribution in [2.75, 3.05) is 0 Å². The molecule has 4 N–H and O–H groups in total. The summed E-state index contributed by atoms with van der Waals surface area (Å²) >= 11 is 0. The number of aliphatic hydroxyl groups is 4. The van der Waals surface area contributed by atoms with Gasteiger partial charge in [-0.2, -0.15) is 0 Å². The molecule has 2 aliphatic heterocycles. The number of aliphatic hydroxyl groups excluding tert-OH is 4. The van der Waals surface area contributed by atoms with Crippen LogP contribution in [0.3, 0.4) is 0 Å². The zero-order valence-electron chi connectivity index (χ0n) is 15.5. The van der Waals surface area contributed by atoms with Crippen LogP contribution in [0.25, 0.3) is 0 Å². The minimum atomic E-state index is -1.50. The average Bonchev–Trinajstić information content (AvgIpc) is 2.60. The van der Waals surface area contributed by atoms with Crippen LogP contribution in [0, 0.1) is 0 Å². The lowest BCUT2D eigenvalue weighted by Gasteiger charge is -2.46. The number of esters is 1. The summed E-state index contributed by atoms with van der Waals surface area (Å²) in [5, 5.41) is 41.2. The van der Waals surface area contributed by atoms with Crippen molar-refractivity contribution in [1.82, 2.24) is 0 Å². The Balaban J connectivity index is 2.10. The van der Waals surface area contributed by atoms with Crippen LogP contribution in [0.2, 0.25) is 0 Å². The monoisotopic (exact) mass is 378 g/mol. The van der Waals surface area contributed by atoms with Crippen molar-refractivity contribution in [2.24, 2.45) is 0 Å². The van der Waals surface area contributed by atoms with Gasteiger partial charge in [0.25, 0.3) is 0 Å². The van der Waals surface area contributed by atoms with Gasteiger partial charge in [-0.3, -0.25) is 4.79 Å². The number of rotatable bonds is 5. The second-order valence-corrected chi connectivity index (χ2v) is 6.88. The minimum Gasteiger partial charge on any atom is -0.457 e. The van der Waals surface area contributed by atoms with E-state index in [0.29, 0.717) is 12.8 Å². The van der Waals surface area contributed by atoms with Crippen molar-refractivity contribution in [3.8, 4) is 0 Å². The molecule has 152 valence electrons. The van der Waals surface area contributed by atoms with Crippen molar-refractivity contribution in [2.45, 2.75) is 102 Å². The van der Waals surface area contributed by atoms with Gasteiger partial charge in [0.15, 0.2) is 12.4 Å². The molecule has 0 bridgehead atoms. The summed E-state index contributed by atoms with van der Waals surface area (Å²) in [5.41, 5.74) is 0. The molecule has 0 amide bonds. The smallest absolute Gasteiger partial charge is 0.303 e. The lowest BCUT2D eigenvalue weighted by Crippen LogP contribution is -2.63. The molecule has 10 atom stereocenters. The number of ether oxygens (including phenoxy) is 4. The van der Waals surface area contributed by atoms with Gasteiger partial charge in [0.1, 0.15) is 36.6 Å². The number of carbonyl (C=O) groups excluding carboxylic acids is 1. The lowest BCUT2D eigenvalue weighted by molar-refractivity contribution is -0.337. The highest BCUT2D eigenvalue weighted by Crippen LogP contribution is 2.31. The third-order valence-electron chi connectivity index (χ3n) is 4.96. The normalized spacial score (nSPS) is 46.8. The lowest BCUT2D eigenvalue weighted by atomic mass is 9.93. The second-order valence-electron chi connectivity index (χ2n) is 6.88. The van der Waals surface area contributed by atoms with E-state index in [9.17, 15) is 25.2 Å². The zero-order valence-corrected chi connectivity index (χ0v) is 15.5. The summed E-state index contributed by atoms with van der Waals surface area (Å²) < 4.78 is 22.1. The van der Waals surface area contributed by atoms with Gasteiger partial charge in [0.05, 0.1) is 12.2 Å². The third kappa shape index (κ3) is 4.36. The maximum absolute atomic E-state index is 11.2. The van der Waals surface area contributed by atoms with Crippen molar-refractivity contribution in [3.63, 3.8) is 0 Å². The molecule has 2 fully saturated rings. The number of hydrogen-bond donors (Lipinski definition) is 4. The summed E-state index contributed by atoms with van der Waals surface area (Å²) in [6.07, 6.45) is -9.35. The van der Waals surface area contributed by atoms with E-state index in [1.807, 2.05) is 6.92 Å². The van der Waals surface area contributed by atoms with E-state index >= 15 is 0 Å². The average molecular weight is 378 g/mol. The van der Waals surface area contributed by atoms with Crippen LogP contribution in [0.5, 0.6) is 0 Å². The van der Waals surface area contributed by atoms with E-state index in [1.54, 1.807) is 13.8 Å². The van der Waals surface area contributed by atoms with Crippen LogP contribution < -0.4 is 0 Å². The van der Waals surface area contributed by atoms with Crippen LogP contribution in [0.15, 0.2) is 0 Å². The standard InChI is InChI=1S/C17H30O9/c1-5-9-11(19)12(20)15(7(3)23-9)26-17-14(22)13(21)16(24-8(4)18)10(6-2)25-17/h7,9-17,19-22H,5-6H2,1-4H3/t7?,9?,10?,11-,12?,13?,14+,15-,16-,17+/m1/s1. The highest BCUT2D eigenvalue weighted by molar-refractivity contribution is 5.66. The van der Waals surface area contributed by atoms with Crippen molar-refractivity contribution >= 4 is 5.97 Å². The van der Waals surface area contributed by atoms with Gasteiger partial charge in [-0.1, -0.05) is 13.8 Å². The van der Waals surface area contributed by atoms with Crippen molar-refractivity contribution in [1.29, 1.82) is 0 Å². The van der Waals surface area contributed by atoms with Crippen molar-refractivity contribution < 1.29 is 44.2 Å². The molecular formula is C17H30O9. The van der Waals surface area contributed by atoms with Crippen LogP contribution >= 0.6 is 0 Å². The molecule has 9 heteroatoms. The first-order valence-electron chi connectivity index (χ1n) is 9.07. The predicted molar refractivity (Wildman–Crippen MR) is 88.0 cm³/mol. The molecular weight excluding hydrogens is 348 g/mol. The Morgan fingerprint density at radius 1 is 0.885 bits per heavy atom. The van der Waals surface area contributed by atoms with Gasteiger partial charge in [-0.15, -0.1) is 0 Å². The molecule has 5 unspecified atom stereocenters. The number of carbonyl (C=O) groups is 1. The fourth-order valence-corrected chi connectivity index (χ4v) is 3.49. The van der Waals surface area contributed by atoms with Crippen LogP contribution in [-0.2, 0) is 23.7 Å². The Morgan fingerprint density at radius 3 is 2.00 bits per heavy atom. The molecule has 2 saturated heterocycles. The summed E-state index contributed by atoms with van der Waals surface area (Å²) in [6.45, 7) is 6.50. The molecule has 0 saturated carbocycles. The van der Waals surface area contributed by atoms with E-state index in [1.165, 1.54) is 6.92 Å². The molecule has 26 heavy (non-hydrogen) atoms. The van der Waals surface area contributed by atoms with Gasteiger partial charge in [0.2, 0.25) is 0 Å². The van der Waals surface area contributed by atoms with Crippen molar-refractivity contribution in [3.05, 3.63) is 0 Å². The van der Waals surface area contributed by atoms with E-state index in [2.05, 4.69) is 0 Å². The highest BCUT2D eigenvalue weighted by Gasteiger charge is 2.50. The SMILES string of the molecule is CCC1OC(C)[C@@H](O[C@@H]2OC(CC)[C@@H](OC(C)=O)C(O)[C@@H]2O)C(O)[C@@H]1O. The molecule has 0 aromatic heterocycles. The van der Waals surface area contributed by atoms with Crippen LogP contribution in [0.1, 0.15) is 40.5 Å². The first-order chi connectivity index (χ1) is 12.2. The largest absolute Gasteiger partial charge is 0.457 e. The fourth-order valence-electron chi connectivity index (χ4n) is 3.49. The molecule has 2 rings (SSSR count). The van der Waals surface area contributed by atoms with Gasteiger partial charge in [-0.25, -0.2) is 0 Å². The van der Waals surface area contributed by atoms with Gasteiger partial charge >= 0.3 is 5.97 Å². The summed E-state index contributed by atoms with van der Waals surface area (Å²) in [6, 6.07) is 0. The topological polar surface area (TPSA) is 135 Å². The maximum atomic E-state index is 11.2. The Labute approximate surface area is 152 Å². The molecule has 0 radical (unpaired) electrons. The van der Waals surface area contributed by atoms with E-state index in [0.717, 1.165) is 0 Å². The Kier molecular flexibility index (Phi) is 7.37. The van der Waals surface area contributed by atoms with Crippen LogP contribution in [-0.4, -0.2) is 87.6 Å². The Hall–Kier alpha value is -0.810. The Morgan fingerprint density at radius 2 is 1.46 bits per heavy atom. The van der Waals surface area contributed by atoms with E-state index in [-0.39, 0.29) is 0 Å². The van der Waals surface area contributed by atoms with Gasteiger partial charge in [-0.05, 0) is 19.8 Å². The first-order valence-corrected chi connectivity index (χ1v) is 9.07. The summed E-state index contributed by atoms with van der Waals surface area (Å²) in [5.74, 6) is -0.596. The predicted octanol–water partition coefficient (Wildman–Crippen LogP) is -0.921. The van der Waals surface area contributed by atoms with Gasteiger partial charge < -0.3 is 39.4 Å². The highest BCUT2D eigenvalue weighted by atomic mass is 16.7. The maximum Gasteiger partial charge on any atom is 0.303 e. The van der Waals surface area contributed by atoms with Crippen LogP contribution in [0.4, 0.5) is 0 Å². The molecule has 0 spiro atoms. The number of hydrogen-bond acceptors (Lipinski definition) is 9. The molecule has 9 nitrogen and oxygen atoms in total. The quantitative estimate of drug-likeness (QED) is 0.448. The van der Waals surface area contributed by atoms with Gasteiger partial charge in [0, 0.05) is 6.92 Å². The molecule has 0 aromatic carbocycles. The minimum absolute atomic E-state index is 0.404. The zero-order chi connectivity index (χ0) is 19.6. The van der Waals surface area contributed by atoms with E-state index < -0.39 is 67.2 Å². The van der Waals surface area contributed by atoms with E-state index in [4.69, 9.17) is 18.9 Å².